The van der Waals surface area contributed by atoms with E-state index in [0.717, 1.165) is 11.1 Å². The van der Waals surface area contributed by atoms with Gasteiger partial charge in [0.05, 0.1) is 6.04 Å². The topological polar surface area (TPSA) is 40.5 Å². The van der Waals surface area contributed by atoms with E-state index in [1.807, 2.05) is 60.7 Å². The zero-order valence-electron chi connectivity index (χ0n) is 13.8. The highest BCUT2D eigenvalue weighted by molar-refractivity contribution is 6.15. The number of aliphatic hydroxyl groups is 1. The van der Waals surface area contributed by atoms with Gasteiger partial charge in [-0.15, -0.1) is 0 Å². The maximum Gasteiger partial charge on any atom is 0.294 e. The van der Waals surface area contributed by atoms with Crippen molar-refractivity contribution < 1.29 is 14.3 Å². The first-order valence-electron chi connectivity index (χ1n) is 8.29. The van der Waals surface area contributed by atoms with Crippen molar-refractivity contribution in [2.24, 2.45) is 0 Å². The van der Waals surface area contributed by atoms with Crippen LogP contribution in [0.4, 0.5) is 10.1 Å². The molecule has 0 fully saturated rings. The smallest absolute Gasteiger partial charge is 0.294 e. The van der Waals surface area contributed by atoms with Crippen molar-refractivity contribution in [1.29, 1.82) is 0 Å². The summed E-state index contributed by atoms with van der Waals surface area (Å²) in [4.78, 5) is 14.4. The third kappa shape index (κ3) is 2.65. The second-order valence-corrected chi connectivity index (χ2v) is 6.09. The first kappa shape index (κ1) is 16.1. The minimum absolute atomic E-state index is 0.283. The molecule has 3 aromatic carbocycles. The lowest BCUT2D eigenvalue weighted by molar-refractivity contribution is -0.117. The van der Waals surface area contributed by atoms with Crippen molar-refractivity contribution in [2.45, 2.75) is 6.04 Å². The number of anilines is 1. The quantitative estimate of drug-likeness (QED) is 0.735. The summed E-state index contributed by atoms with van der Waals surface area (Å²) in [5.74, 6) is -1.16. The first-order chi connectivity index (χ1) is 12.7. The predicted molar refractivity (Wildman–Crippen MR) is 99.1 cm³/mol. The van der Waals surface area contributed by atoms with Crippen molar-refractivity contribution in [1.82, 2.24) is 0 Å². The van der Waals surface area contributed by atoms with E-state index >= 15 is 0 Å². The molecule has 1 heterocycles. The van der Waals surface area contributed by atoms with Crippen molar-refractivity contribution in [3.63, 3.8) is 0 Å². The molecule has 0 spiro atoms. The van der Waals surface area contributed by atoms with E-state index in [4.69, 9.17) is 0 Å². The highest BCUT2D eigenvalue weighted by atomic mass is 19.1. The van der Waals surface area contributed by atoms with Crippen LogP contribution in [-0.2, 0) is 4.79 Å². The third-order valence-electron chi connectivity index (χ3n) is 4.51. The average molecular weight is 345 g/mol. The molecule has 26 heavy (non-hydrogen) atoms. The number of carbonyl (C=O) groups is 1. The van der Waals surface area contributed by atoms with Gasteiger partial charge in [0.1, 0.15) is 5.82 Å². The summed E-state index contributed by atoms with van der Waals surface area (Å²) < 4.78 is 13.3. The number of hydrogen-bond acceptors (Lipinski definition) is 2. The van der Waals surface area contributed by atoms with Crippen LogP contribution in [0.15, 0.2) is 90.7 Å². The van der Waals surface area contributed by atoms with Crippen LogP contribution < -0.4 is 4.90 Å². The summed E-state index contributed by atoms with van der Waals surface area (Å²) in [5.41, 5.74) is 2.72. The Hall–Kier alpha value is -3.40. The number of aliphatic hydroxyl groups excluding tert-OH is 1. The zero-order chi connectivity index (χ0) is 18.1. The van der Waals surface area contributed by atoms with E-state index in [9.17, 15) is 14.3 Å². The van der Waals surface area contributed by atoms with Crippen LogP contribution in [0.3, 0.4) is 0 Å². The predicted octanol–water partition coefficient (Wildman–Crippen LogP) is 4.88. The Morgan fingerprint density at radius 3 is 2.00 bits per heavy atom. The Bertz CT molecular complexity index is 966. The third-order valence-corrected chi connectivity index (χ3v) is 4.51. The summed E-state index contributed by atoms with van der Waals surface area (Å²) in [6, 6.07) is 24.1. The summed E-state index contributed by atoms with van der Waals surface area (Å²) in [6.45, 7) is 0. The molecule has 4 heteroatoms. The molecule has 3 nitrogen and oxygen atoms in total. The van der Waals surface area contributed by atoms with Crippen LogP contribution in [0, 0.1) is 5.82 Å². The van der Waals surface area contributed by atoms with E-state index in [-0.39, 0.29) is 11.6 Å². The van der Waals surface area contributed by atoms with Crippen molar-refractivity contribution >= 4 is 17.2 Å². The molecule has 0 unspecified atom stereocenters. The van der Waals surface area contributed by atoms with E-state index < -0.39 is 11.9 Å². The number of carbonyl (C=O) groups excluding carboxylic acids is 1. The molecule has 0 bridgehead atoms. The number of rotatable bonds is 3. The molecule has 1 aliphatic heterocycles. The molecule has 128 valence electrons. The number of benzene rings is 3. The number of halogens is 1. The van der Waals surface area contributed by atoms with Crippen LogP contribution in [-0.4, -0.2) is 11.0 Å². The fourth-order valence-electron chi connectivity index (χ4n) is 3.34. The lowest BCUT2D eigenvalue weighted by Gasteiger charge is -2.27. The minimum Gasteiger partial charge on any atom is -0.503 e. The molecular formula is C22H16FNO2. The zero-order valence-corrected chi connectivity index (χ0v) is 13.8. The van der Waals surface area contributed by atoms with Crippen molar-refractivity contribution in [2.75, 3.05) is 4.90 Å². The highest BCUT2D eigenvalue weighted by Crippen LogP contribution is 2.45. The van der Waals surface area contributed by atoms with E-state index in [1.165, 1.54) is 17.0 Å². The molecule has 0 radical (unpaired) electrons. The van der Waals surface area contributed by atoms with Crippen molar-refractivity contribution in [3.05, 3.63) is 108 Å². The molecule has 1 N–H and O–H groups in total. The van der Waals surface area contributed by atoms with E-state index in [0.29, 0.717) is 11.3 Å². The molecule has 1 aliphatic rings. The Balaban J connectivity index is 1.90. The number of nitrogens with zero attached hydrogens (tertiary/aromatic N) is 1. The van der Waals surface area contributed by atoms with Gasteiger partial charge in [-0.2, -0.15) is 0 Å². The molecule has 0 saturated heterocycles. The maximum atomic E-state index is 13.3. The van der Waals surface area contributed by atoms with E-state index in [2.05, 4.69) is 0 Å². The standard InChI is InChI=1S/C22H16FNO2/c23-17-11-13-18(14-12-17)24-20(16-9-5-2-6-10-16)19(21(25)22(24)26)15-7-3-1-4-8-15/h1-14,20,25H/t20-/m0/s1. The van der Waals surface area contributed by atoms with Gasteiger partial charge < -0.3 is 5.11 Å². The van der Waals surface area contributed by atoms with Crippen LogP contribution >= 0.6 is 0 Å². The Labute approximate surface area is 150 Å². The largest absolute Gasteiger partial charge is 0.503 e. The van der Waals surface area contributed by atoms with Gasteiger partial charge in [-0.05, 0) is 35.4 Å². The fourth-order valence-corrected chi connectivity index (χ4v) is 3.34. The molecule has 3 aromatic rings. The fraction of sp³-hybridized carbons (Fsp3) is 0.0455. The molecule has 1 atom stereocenters. The molecule has 4 rings (SSSR count). The SMILES string of the molecule is O=C1C(O)=C(c2ccccc2)[C@H](c2ccccc2)N1c1ccc(F)cc1. The van der Waals surface area contributed by atoms with Gasteiger partial charge in [-0.3, -0.25) is 9.69 Å². The lowest BCUT2D eigenvalue weighted by atomic mass is 9.93. The Morgan fingerprint density at radius 1 is 0.808 bits per heavy atom. The average Bonchev–Trinajstić information content (AvgIpc) is 2.95. The molecule has 0 saturated carbocycles. The maximum absolute atomic E-state index is 13.3. The second kappa shape index (κ2) is 6.48. The Kier molecular flexibility index (Phi) is 4.01. The van der Waals surface area contributed by atoms with Gasteiger partial charge in [0, 0.05) is 11.3 Å². The normalized spacial score (nSPS) is 17.0. The van der Waals surface area contributed by atoms with Crippen LogP contribution in [0.25, 0.3) is 5.57 Å². The summed E-state index contributed by atoms with van der Waals surface area (Å²) in [5, 5.41) is 10.6. The van der Waals surface area contributed by atoms with Gasteiger partial charge in [-0.25, -0.2) is 4.39 Å². The summed E-state index contributed by atoms with van der Waals surface area (Å²) >= 11 is 0. The first-order valence-corrected chi connectivity index (χ1v) is 8.29. The van der Waals surface area contributed by atoms with Gasteiger partial charge in [0.15, 0.2) is 5.76 Å². The minimum atomic E-state index is -0.496. The lowest BCUT2D eigenvalue weighted by Crippen LogP contribution is -2.30. The second-order valence-electron chi connectivity index (χ2n) is 6.09. The van der Waals surface area contributed by atoms with Crippen LogP contribution in [0.1, 0.15) is 17.2 Å². The van der Waals surface area contributed by atoms with Gasteiger partial charge in [0.2, 0.25) is 0 Å². The van der Waals surface area contributed by atoms with Gasteiger partial charge in [0.25, 0.3) is 5.91 Å². The van der Waals surface area contributed by atoms with Gasteiger partial charge >= 0.3 is 0 Å². The molecular weight excluding hydrogens is 329 g/mol. The monoisotopic (exact) mass is 345 g/mol. The number of hydrogen-bond donors (Lipinski definition) is 1. The Morgan fingerprint density at radius 2 is 1.38 bits per heavy atom. The van der Waals surface area contributed by atoms with Gasteiger partial charge in [-0.1, -0.05) is 60.7 Å². The molecule has 0 aromatic heterocycles. The van der Waals surface area contributed by atoms with Crippen LogP contribution in [0.5, 0.6) is 0 Å². The molecule has 0 aliphatic carbocycles. The summed E-state index contributed by atoms with van der Waals surface area (Å²) in [7, 11) is 0. The number of amides is 1. The highest BCUT2D eigenvalue weighted by Gasteiger charge is 2.41. The van der Waals surface area contributed by atoms with Crippen LogP contribution in [0.2, 0.25) is 0 Å². The van der Waals surface area contributed by atoms with Crippen molar-refractivity contribution in [3.8, 4) is 0 Å². The summed E-state index contributed by atoms with van der Waals surface area (Å²) in [6.07, 6.45) is 0. The molecule has 1 amide bonds. The van der Waals surface area contributed by atoms with E-state index in [1.54, 1.807) is 12.1 Å².